The maximum Gasteiger partial charge on any atom is 0.343 e. The fraction of sp³-hybridized carbons (Fsp3) is 0.0833. The lowest BCUT2D eigenvalue weighted by Crippen LogP contribution is -2.32. The summed E-state index contributed by atoms with van der Waals surface area (Å²) in [6.45, 7) is 0. The predicted molar refractivity (Wildman–Crippen MR) is 132 cm³/mol. The zero-order chi connectivity index (χ0) is 25.4. The highest BCUT2D eigenvalue weighted by Crippen LogP contribution is 2.29. The number of anilines is 1. The number of hydrogen-bond acceptors (Lipinski definition) is 7. The highest BCUT2D eigenvalue weighted by Gasteiger charge is 2.16. The second-order valence-electron chi connectivity index (χ2n) is 6.78. The van der Waals surface area contributed by atoms with Crippen molar-refractivity contribution in [1.82, 2.24) is 5.43 Å². The Balaban J connectivity index is 1.54. The van der Waals surface area contributed by atoms with E-state index in [9.17, 15) is 14.4 Å². The van der Waals surface area contributed by atoms with Gasteiger partial charge in [0, 0.05) is 0 Å². The Morgan fingerprint density at radius 3 is 2.29 bits per heavy atom. The van der Waals surface area contributed by atoms with E-state index >= 15 is 0 Å². The van der Waals surface area contributed by atoms with Crippen molar-refractivity contribution < 1.29 is 28.6 Å². The number of ether oxygens (including phenoxy) is 3. The zero-order valence-corrected chi connectivity index (χ0v) is 20.0. The van der Waals surface area contributed by atoms with Gasteiger partial charge in [0.1, 0.15) is 5.75 Å². The van der Waals surface area contributed by atoms with E-state index in [0.717, 1.165) is 0 Å². The highest BCUT2D eigenvalue weighted by atomic mass is 35.5. The van der Waals surface area contributed by atoms with Gasteiger partial charge in [0.2, 0.25) is 0 Å². The average molecular weight is 516 g/mol. The molecule has 0 aromatic heterocycles. The second-order valence-corrected chi connectivity index (χ2v) is 7.57. The highest BCUT2D eigenvalue weighted by molar-refractivity contribution is 6.45. The van der Waals surface area contributed by atoms with Gasteiger partial charge in [-0.05, 0) is 60.2 Å². The Morgan fingerprint density at radius 2 is 1.60 bits per heavy atom. The summed E-state index contributed by atoms with van der Waals surface area (Å²) >= 11 is 11.9. The number of hydrazone groups is 1. The lowest BCUT2D eigenvalue weighted by Gasteiger charge is -2.09. The first-order chi connectivity index (χ1) is 16.8. The molecule has 0 atom stereocenters. The third-order valence-corrected chi connectivity index (χ3v) is 5.31. The minimum absolute atomic E-state index is 0.116. The van der Waals surface area contributed by atoms with Crippen LogP contribution in [0.15, 0.2) is 65.8 Å². The molecule has 11 heteroatoms. The summed E-state index contributed by atoms with van der Waals surface area (Å²) in [5.74, 6) is -1.36. The molecule has 0 saturated carbocycles. The fourth-order valence-corrected chi connectivity index (χ4v) is 3.09. The molecular formula is C24H19Cl2N3O6. The van der Waals surface area contributed by atoms with Gasteiger partial charge in [-0.15, -0.1) is 0 Å². The standard InChI is InChI=1S/C24H19Cl2N3O6/c1-33-19-11-8-15(12-20(19)34-2)24(32)35-16-9-6-14(7-10-16)13-27-29-23(31)22(30)28-18-5-3-4-17(25)21(18)26/h3-13H,1-2H3,(H,28,30)(H,29,31)/b27-13-. The van der Waals surface area contributed by atoms with Crippen LogP contribution in [0.2, 0.25) is 10.0 Å². The molecule has 2 N–H and O–H groups in total. The molecule has 3 aromatic carbocycles. The lowest BCUT2D eigenvalue weighted by atomic mass is 10.2. The van der Waals surface area contributed by atoms with Gasteiger partial charge < -0.3 is 19.5 Å². The molecule has 3 rings (SSSR count). The monoisotopic (exact) mass is 515 g/mol. The molecular weight excluding hydrogens is 497 g/mol. The number of amides is 2. The van der Waals surface area contributed by atoms with Crippen LogP contribution in [-0.4, -0.2) is 38.2 Å². The van der Waals surface area contributed by atoms with Crippen molar-refractivity contribution in [3.63, 3.8) is 0 Å². The van der Waals surface area contributed by atoms with E-state index in [1.54, 1.807) is 48.5 Å². The van der Waals surface area contributed by atoms with E-state index in [4.69, 9.17) is 37.4 Å². The minimum atomic E-state index is -1.00. The SMILES string of the molecule is COc1ccc(C(=O)Oc2ccc(/C=N\NC(=O)C(=O)Nc3cccc(Cl)c3Cl)cc2)cc1OC. The molecule has 9 nitrogen and oxygen atoms in total. The molecule has 0 bridgehead atoms. The van der Waals surface area contributed by atoms with Crippen molar-refractivity contribution in [3.8, 4) is 17.2 Å². The largest absolute Gasteiger partial charge is 0.493 e. The van der Waals surface area contributed by atoms with Crippen LogP contribution in [0.25, 0.3) is 0 Å². The molecule has 0 aliphatic rings. The second kappa shape index (κ2) is 11.9. The summed E-state index contributed by atoms with van der Waals surface area (Å²) in [6.07, 6.45) is 1.32. The number of carbonyl (C=O) groups is 3. The molecule has 0 aliphatic heterocycles. The molecule has 35 heavy (non-hydrogen) atoms. The number of carbonyl (C=O) groups excluding carboxylic acids is 3. The molecule has 0 aliphatic carbocycles. The molecule has 0 heterocycles. The van der Waals surface area contributed by atoms with Crippen molar-refractivity contribution in [2.24, 2.45) is 5.10 Å². The van der Waals surface area contributed by atoms with Crippen LogP contribution < -0.4 is 25.0 Å². The number of methoxy groups -OCH3 is 2. The summed E-state index contributed by atoms with van der Waals surface area (Å²) in [4.78, 5) is 36.3. The minimum Gasteiger partial charge on any atom is -0.493 e. The molecule has 0 saturated heterocycles. The topological polar surface area (TPSA) is 115 Å². The third-order valence-electron chi connectivity index (χ3n) is 4.50. The number of halogens is 2. The summed E-state index contributed by atoms with van der Waals surface area (Å²) in [5.41, 5.74) is 3.17. The van der Waals surface area contributed by atoms with Gasteiger partial charge in [-0.1, -0.05) is 29.3 Å². The van der Waals surface area contributed by atoms with Gasteiger partial charge >= 0.3 is 17.8 Å². The number of rotatable bonds is 7. The summed E-state index contributed by atoms with van der Waals surface area (Å²) < 4.78 is 15.7. The van der Waals surface area contributed by atoms with E-state index in [1.807, 2.05) is 0 Å². The van der Waals surface area contributed by atoms with Crippen molar-refractivity contribution in [2.45, 2.75) is 0 Å². The lowest BCUT2D eigenvalue weighted by molar-refractivity contribution is -0.136. The van der Waals surface area contributed by atoms with Crippen LogP contribution in [0, 0.1) is 0 Å². The number of hydrogen-bond donors (Lipinski definition) is 2. The van der Waals surface area contributed by atoms with Crippen LogP contribution in [0.4, 0.5) is 5.69 Å². The molecule has 0 fully saturated rings. The number of benzene rings is 3. The molecule has 180 valence electrons. The van der Waals surface area contributed by atoms with Crippen LogP contribution in [0.1, 0.15) is 15.9 Å². The zero-order valence-electron chi connectivity index (χ0n) is 18.5. The number of nitrogens with one attached hydrogen (secondary N) is 2. The maximum atomic E-state index is 12.4. The van der Waals surface area contributed by atoms with Crippen molar-refractivity contribution in [2.75, 3.05) is 19.5 Å². The van der Waals surface area contributed by atoms with E-state index in [1.165, 1.54) is 32.6 Å². The smallest absolute Gasteiger partial charge is 0.343 e. The van der Waals surface area contributed by atoms with E-state index in [2.05, 4.69) is 15.8 Å². The van der Waals surface area contributed by atoms with Crippen LogP contribution in [0.5, 0.6) is 17.2 Å². The predicted octanol–water partition coefficient (Wildman–Crippen LogP) is 4.32. The Bertz CT molecular complexity index is 1280. The van der Waals surface area contributed by atoms with Crippen LogP contribution >= 0.6 is 23.2 Å². The van der Waals surface area contributed by atoms with Gasteiger partial charge in [0.15, 0.2) is 11.5 Å². The number of esters is 1. The Hall–Kier alpha value is -4.08. The van der Waals surface area contributed by atoms with Gasteiger partial charge in [-0.3, -0.25) is 9.59 Å². The van der Waals surface area contributed by atoms with Crippen molar-refractivity contribution >= 4 is 52.9 Å². The fourth-order valence-electron chi connectivity index (χ4n) is 2.75. The summed E-state index contributed by atoms with van der Waals surface area (Å²) in [7, 11) is 2.97. The molecule has 3 aromatic rings. The van der Waals surface area contributed by atoms with E-state index in [0.29, 0.717) is 22.8 Å². The summed E-state index contributed by atoms with van der Waals surface area (Å²) in [6, 6.07) is 15.6. The quantitative estimate of drug-likeness (QED) is 0.159. The van der Waals surface area contributed by atoms with Crippen LogP contribution in [-0.2, 0) is 9.59 Å². The van der Waals surface area contributed by atoms with Crippen molar-refractivity contribution in [1.29, 1.82) is 0 Å². The first kappa shape index (κ1) is 25.5. The average Bonchev–Trinajstić information content (AvgIpc) is 2.87. The number of nitrogens with zero attached hydrogens (tertiary/aromatic N) is 1. The molecule has 0 radical (unpaired) electrons. The van der Waals surface area contributed by atoms with Gasteiger partial charge in [-0.25, -0.2) is 10.2 Å². The first-order valence-electron chi connectivity index (χ1n) is 9.95. The third kappa shape index (κ3) is 6.72. The van der Waals surface area contributed by atoms with E-state index in [-0.39, 0.29) is 21.3 Å². The Labute approximate surface area is 210 Å². The first-order valence-corrected chi connectivity index (χ1v) is 10.7. The Kier molecular flexibility index (Phi) is 8.66. The van der Waals surface area contributed by atoms with Gasteiger partial charge in [-0.2, -0.15) is 5.10 Å². The van der Waals surface area contributed by atoms with Gasteiger partial charge in [0.05, 0.1) is 41.7 Å². The normalized spacial score (nSPS) is 10.5. The van der Waals surface area contributed by atoms with Gasteiger partial charge in [0.25, 0.3) is 0 Å². The molecule has 0 unspecified atom stereocenters. The maximum absolute atomic E-state index is 12.4. The summed E-state index contributed by atoms with van der Waals surface area (Å²) in [5, 5.41) is 6.44. The van der Waals surface area contributed by atoms with E-state index < -0.39 is 17.8 Å². The molecule has 0 spiro atoms. The van der Waals surface area contributed by atoms with Crippen LogP contribution in [0.3, 0.4) is 0 Å². The van der Waals surface area contributed by atoms with Crippen molar-refractivity contribution in [3.05, 3.63) is 81.8 Å². The molecule has 2 amide bonds. The Morgan fingerprint density at radius 1 is 0.886 bits per heavy atom.